The van der Waals surface area contributed by atoms with Crippen LogP contribution in [0.3, 0.4) is 0 Å². The Hall–Kier alpha value is -3.87. The molecule has 0 aromatic heterocycles. The summed E-state index contributed by atoms with van der Waals surface area (Å²) < 4.78 is 5.52. The lowest BCUT2D eigenvalue weighted by atomic mass is 9.86. The third-order valence-electron chi connectivity index (χ3n) is 7.90. The summed E-state index contributed by atoms with van der Waals surface area (Å²) in [4.78, 5) is 43.5. The lowest BCUT2D eigenvalue weighted by Crippen LogP contribution is -2.57. The Morgan fingerprint density at radius 2 is 1.64 bits per heavy atom. The number of hydrogen-bond acceptors (Lipinski definition) is 4. The molecule has 0 saturated heterocycles. The standard InChI is InChI=1S/C35H45N3O4/c1-22(2)20-30(37-34(41)42-35(5,6)7)33(40)38(28-15-11-16-28)31(29-17-10-12-23(3)24(29)4)32(39)36-27-19-18-25-13-8-9-14-26(25)21-27/h8-10,12-14,17-19,21-22,28,30-31H,11,15-16,20H2,1-7H3,(H,36,39)(H,37,41). The highest BCUT2D eigenvalue weighted by atomic mass is 16.6. The molecular formula is C35H45N3O4. The second kappa shape index (κ2) is 13.0. The summed E-state index contributed by atoms with van der Waals surface area (Å²) in [6, 6.07) is 17.9. The molecule has 2 atom stereocenters. The van der Waals surface area contributed by atoms with Gasteiger partial charge in [0.05, 0.1) is 0 Å². The number of hydrogen-bond donors (Lipinski definition) is 2. The molecule has 1 aliphatic rings. The predicted molar refractivity (Wildman–Crippen MR) is 168 cm³/mol. The smallest absolute Gasteiger partial charge is 0.408 e. The van der Waals surface area contributed by atoms with Gasteiger partial charge in [0.2, 0.25) is 5.91 Å². The van der Waals surface area contributed by atoms with Crippen LogP contribution in [0, 0.1) is 19.8 Å². The fraction of sp³-hybridized carbons (Fsp3) is 0.457. The largest absolute Gasteiger partial charge is 0.444 e. The highest BCUT2D eigenvalue weighted by Gasteiger charge is 2.42. The number of aryl methyl sites for hydroxylation is 1. The quantitative estimate of drug-likeness (QED) is 0.279. The zero-order valence-electron chi connectivity index (χ0n) is 26.0. The molecule has 1 aliphatic carbocycles. The van der Waals surface area contributed by atoms with E-state index in [0.29, 0.717) is 12.1 Å². The highest BCUT2D eigenvalue weighted by Crippen LogP contribution is 2.36. The average molecular weight is 572 g/mol. The number of nitrogens with zero attached hydrogens (tertiary/aromatic N) is 1. The van der Waals surface area contributed by atoms with Gasteiger partial charge in [0.25, 0.3) is 5.91 Å². The maximum absolute atomic E-state index is 14.5. The lowest BCUT2D eigenvalue weighted by molar-refractivity contribution is -0.146. The Morgan fingerprint density at radius 1 is 0.952 bits per heavy atom. The van der Waals surface area contributed by atoms with Crippen LogP contribution in [0.15, 0.2) is 60.7 Å². The first-order valence-electron chi connectivity index (χ1n) is 15.0. The van der Waals surface area contributed by atoms with Crippen LogP contribution in [0.5, 0.6) is 0 Å². The second-order valence-corrected chi connectivity index (χ2v) is 12.9. The summed E-state index contributed by atoms with van der Waals surface area (Å²) in [6.07, 6.45) is 2.37. The first kappa shape index (κ1) is 31.1. The molecule has 0 radical (unpaired) electrons. The van der Waals surface area contributed by atoms with Gasteiger partial charge in [-0.15, -0.1) is 0 Å². The molecule has 7 heteroatoms. The maximum Gasteiger partial charge on any atom is 0.408 e. The molecule has 7 nitrogen and oxygen atoms in total. The molecule has 3 aromatic carbocycles. The van der Waals surface area contributed by atoms with Crippen LogP contribution in [0.1, 0.15) is 83.0 Å². The Balaban J connectivity index is 1.75. The van der Waals surface area contributed by atoms with E-state index >= 15 is 0 Å². The van der Waals surface area contributed by atoms with Crippen molar-refractivity contribution in [1.29, 1.82) is 0 Å². The SMILES string of the molecule is Cc1cccc(C(C(=O)Nc2ccc3ccccc3c2)N(C(=O)C(CC(C)C)NC(=O)OC(C)(C)C)C2CCC2)c1C. The van der Waals surface area contributed by atoms with Gasteiger partial charge in [-0.3, -0.25) is 9.59 Å². The Bertz CT molecular complexity index is 1440. The van der Waals surface area contributed by atoms with Gasteiger partial charge in [-0.05, 0) is 106 Å². The molecule has 42 heavy (non-hydrogen) atoms. The Morgan fingerprint density at radius 3 is 2.26 bits per heavy atom. The topological polar surface area (TPSA) is 87.7 Å². The normalized spacial score (nSPS) is 15.0. The number of rotatable bonds is 9. The zero-order valence-corrected chi connectivity index (χ0v) is 26.0. The van der Waals surface area contributed by atoms with Crippen LogP contribution in [-0.2, 0) is 14.3 Å². The van der Waals surface area contributed by atoms with Crippen LogP contribution in [0.2, 0.25) is 0 Å². The summed E-state index contributed by atoms with van der Waals surface area (Å²) in [7, 11) is 0. The molecule has 4 rings (SSSR count). The van der Waals surface area contributed by atoms with Crippen LogP contribution in [-0.4, -0.2) is 40.5 Å². The zero-order chi connectivity index (χ0) is 30.6. The molecule has 0 heterocycles. The summed E-state index contributed by atoms with van der Waals surface area (Å²) in [6.45, 7) is 13.4. The van der Waals surface area contributed by atoms with Crippen molar-refractivity contribution in [3.05, 3.63) is 77.4 Å². The summed E-state index contributed by atoms with van der Waals surface area (Å²) in [5, 5.41) is 8.07. The predicted octanol–water partition coefficient (Wildman–Crippen LogP) is 7.46. The molecule has 0 bridgehead atoms. The van der Waals surface area contributed by atoms with Gasteiger partial charge in [-0.1, -0.05) is 62.4 Å². The molecule has 2 N–H and O–H groups in total. The number of carbonyl (C=O) groups is 3. The van der Waals surface area contributed by atoms with E-state index < -0.39 is 23.8 Å². The number of nitrogens with one attached hydrogen (secondary N) is 2. The minimum atomic E-state index is -0.871. The van der Waals surface area contributed by atoms with E-state index in [9.17, 15) is 14.4 Å². The molecule has 3 amide bonds. The van der Waals surface area contributed by atoms with E-state index in [1.54, 1.807) is 25.7 Å². The van der Waals surface area contributed by atoms with Gasteiger partial charge in [0, 0.05) is 11.7 Å². The molecule has 1 saturated carbocycles. The van der Waals surface area contributed by atoms with Crippen molar-refractivity contribution in [2.75, 3.05) is 5.32 Å². The molecular weight excluding hydrogens is 526 g/mol. The summed E-state index contributed by atoms with van der Waals surface area (Å²) >= 11 is 0. The van der Waals surface area contributed by atoms with Crippen molar-refractivity contribution < 1.29 is 19.1 Å². The van der Waals surface area contributed by atoms with E-state index in [4.69, 9.17) is 4.74 Å². The van der Waals surface area contributed by atoms with Crippen molar-refractivity contribution in [1.82, 2.24) is 10.2 Å². The number of benzene rings is 3. The van der Waals surface area contributed by atoms with Crippen LogP contribution in [0.25, 0.3) is 10.8 Å². The van der Waals surface area contributed by atoms with Gasteiger partial charge in [-0.25, -0.2) is 4.79 Å². The minimum Gasteiger partial charge on any atom is -0.444 e. The summed E-state index contributed by atoms with van der Waals surface area (Å²) in [5.74, 6) is -0.415. The first-order valence-corrected chi connectivity index (χ1v) is 15.0. The molecule has 1 fully saturated rings. The fourth-order valence-corrected chi connectivity index (χ4v) is 5.47. The van der Waals surface area contributed by atoms with Crippen molar-refractivity contribution in [3.8, 4) is 0 Å². The fourth-order valence-electron chi connectivity index (χ4n) is 5.47. The monoisotopic (exact) mass is 571 g/mol. The van der Waals surface area contributed by atoms with Gasteiger partial charge in [0.15, 0.2) is 0 Å². The third-order valence-corrected chi connectivity index (χ3v) is 7.90. The van der Waals surface area contributed by atoms with E-state index in [1.165, 1.54) is 0 Å². The van der Waals surface area contributed by atoms with Crippen molar-refractivity contribution >= 4 is 34.4 Å². The molecule has 0 aliphatic heterocycles. The van der Waals surface area contributed by atoms with Gasteiger partial charge < -0.3 is 20.3 Å². The van der Waals surface area contributed by atoms with E-state index in [2.05, 4.69) is 10.6 Å². The molecule has 3 aromatic rings. The molecule has 0 spiro atoms. The lowest BCUT2D eigenvalue weighted by Gasteiger charge is -2.44. The van der Waals surface area contributed by atoms with Crippen molar-refractivity contribution in [3.63, 3.8) is 0 Å². The Labute approximate surface area is 250 Å². The van der Waals surface area contributed by atoms with E-state index in [1.807, 2.05) is 88.4 Å². The first-order chi connectivity index (χ1) is 19.8. The number of alkyl carbamates (subject to hydrolysis) is 1. The van der Waals surface area contributed by atoms with Crippen LogP contribution in [0.4, 0.5) is 10.5 Å². The number of fused-ring (bicyclic) bond motifs is 1. The van der Waals surface area contributed by atoms with Gasteiger partial charge >= 0.3 is 6.09 Å². The van der Waals surface area contributed by atoms with E-state index in [0.717, 1.165) is 46.7 Å². The number of amides is 3. The maximum atomic E-state index is 14.5. The number of ether oxygens (including phenoxy) is 1. The minimum absolute atomic E-state index is 0.111. The van der Waals surface area contributed by atoms with E-state index in [-0.39, 0.29) is 23.8 Å². The van der Waals surface area contributed by atoms with Gasteiger partial charge in [0.1, 0.15) is 17.7 Å². The number of carbonyl (C=O) groups excluding carboxylic acids is 3. The van der Waals surface area contributed by atoms with Crippen LogP contribution >= 0.6 is 0 Å². The second-order valence-electron chi connectivity index (χ2n) is 12.9. The highest BCUT2D eigenvalue weighted by molar-refractivity contribution is 6.00. The Kier molecular flexibility index (Phi) is 9.60. The molecule has 224 valence electrons. The van der Waals surface area contributed by atoms with Gasteiger partial charge in [-0.2, -0.15) is 0 Å². The average Bonchev–Trinajstić information content (AvgIpc) is 2.87. The molecule has 2 unspecified atom stereocenters. The summed E-state index contributed by atoms with van der Waals surface area (Å²) in [5.41, 5.74) is 2.76. The third kappa shape index (κ3) is 7.50. The number of anilines is 1. The van der Waals surface area contributed by atoms with Crippen molar-refractivity contribution in [2.45, 2.75) is 97.9 Å². The van der Waals surface area contributed by atoms with Crippen LogP contribution < -0.4 is 10.6 Å². The van der Waals surface area contributed by atoms with Crippen molar-refractivity contribution in [2.24, 2.45) is 5.92 Å².